The molecular weight excluding hydrogens is 222 g/mol. The van der Waals surface area contributed by atoms with Crippen LogP contribution in [0.4, 0.5) is 5.95 Å². The molecule has 1 fully saturated rings. The summed E-state index contributed by atoms with van der Waals surface area (Å²) < 4.78 is 5.19. The lowest BCUT2D eigenvalue weighted by atomic mass is 9.90. The van der Waals surface area contributed by atoms with E-state index in [4.69, 9.17) is 4.74 Å². The third kappa shape index (κ3) is 2.52. The quantitative estimate of drug-likeness (QED) is 0.810. The van der Waals surface area contributed by atoms with Gasteiger partial charge in [-0.2, -0.15) is 0 Å². The molecule has 0 bridgehead atoms. The first-order valence-corrected chi connectivity index (χ1v) is 5.51. The molecule has 0 radical (unpaired) electrons. The number of hydrogen-bond acceptors (Lipinski definition) is 5. The minimum Gasteiger partial charge on any atom is -0.480 e. The van der Waals surface area contributed by atoms with Crippen molar-refractivity contribution in [2.75, 3.05) is 18.5 Å². The number of aliphatic carboxylic acids is 1. The molecule has 1 aromatic rings. The molecule has 92 valence electrons. The van der Waals surface area contributed by atoms with Crippen molar-refractivity contribution >= 4 is 11.9 Å². The first-order chi connectivity index (χ1) is 8.12. The standard InChI is InChI=1S/C11H15N3O3/c1-8-2-5-12-10(13-8)14-11(9(15)16)3-6-17-7-4-11/h2,5H,3-4,6-7H2,1H3,(H,15,16)(H,12,13,14). The average molecular weight is 237 g/mol. The number of carboxylic acid groups (broad SMARTS) is 1. The molecule has 1 aromatic heterocycles. The first kappa shape index (κ1) is 11.8. The fourth-order valence-corrected chi connectivity index (χ4v) is 1.84. The van der Waals surface area contributed by atoms with Crippen molar-refractivity contribution in [3.8, 4) is 0 Å². The second kappa shape index (κ2) is 4.67. The molecule has 1 aliphatic heterocycles. The summed E-state index contributed by atoms with van der Waals surface area (Å²) >= 11 is 0. The van der Waals surface area contributed by atoms with Crippen molar-refractivity contribution in [2.24, 2.45) is 0 Å². The number of aromatic nitrogens is 2. The van der Waals surface area contributed by atoms with Crippen LogP contribution in [-0.2, 0) is 9.53 Å². The van der Waals surface area contributed by atoms with Crippen LogP contribution < -0.4 is 5.32 Å². The number of nitrogens with one attached hydrogen (secondary N) is 1. The normalized spacial score (nSPS) is 18.6. The number of carbonyl (C=O) groups is 1. The molecule has 0 spiro atoms. The topological polar surface area (TPSA) is 84.3 Å². The zero-order valence-corrected chi connectivity index (χ0v) is 9.64. The Morgan fingerprint density at radius 3 is 2.82 bits per heavy atom. The van der Waals surface area contributed by atoms with Crippen LogP contribution in [0.5, 0.6) is 0 Å². The molecule has 17 heavy (non-hydrogen) atoms. The Kier molecular flexibility index (Phi) is 3.23. The molecule has 0 aliphatic carbocycles. The third-order valence-electron chi connectivity index (χ3n) is 2.90. The van der Waals surface area contributed by atoms with E-state index in [-0.39, 0.29) is 0 Å². The number of aryl methyl sites for hydroxylation is 1. The van der Waals surface area contributed by atoms with E-state index < -0.39 is 11.5 Å². The largest absolute Gasteiger partial charge is 0.480 e. The molecule has 0 amide bonds. The van der Waals surface area contributed by atoms with Gasteiger partial charge in [0, 0.05) is 37.9 Å². The molecular formula is C11H15N3O3. The smallest absolute Gasteiger partial charge is 0.329 e. The molecule has 2 heterocycles. The predicted octanol–water partition coefficient (Wildman–Crippen LogP) is 0.831. The highest BCUT2D eigenvalue weighted by Crippen LogP contribution is 2.24. The number of anilines is 1. The minimum absolute atomic E-state index is 0.356. The fourth-order valence-electron chi connectivity index (χ4n) is 1.84. The number of carboxylic acids is 1. The van der Waals surface area contributed by atoms with Crippen LogP contribution in [0.15, 0.2) is 12.3 Å². The highest BCUT2D eigenvalue weighted by Gasteiger charge is 2.40. The molecule has 2 N–H and O–H groups in total. The minimum atomic E-state index is -1.01. The Bertz CT molecular complexity index is 416. The molecule has 6 heteroatoms. The molecule has 2 rings (SSSR count). The number of rotatable bonds is 3. The summed E-state index contributed by atoms with van der Waals surface area (Å²) in [4.78, 5) is 19.6. The second-order valence-corrected chi connectivity index (χ2v) is 4.15. The van der Waals surface area contributed by atoms with Crippen molar-refractivity contribution in [2.45, 2.75) is 25.3 Å². The van der Waals surface area contributed by atoms with E-state index in [0.717, 1.165) is 5.69 Å². The van der Waals surface area contributed by atoms with Crippen LogP contribution in [0, 0.1) is 6.92 Å². The van der Waals surface area contributed by atoms with Gasteiger partial charge in [0.15, 0.2) is 0 Å². The van der Waals surface area contributed by atoms with Crippen molar-refractivity contribution in [1.82, 2.24) is 9.97 Å². The van der Waals surface area contributed by atoms with E-state index in [1.54, 1.807) is 12.3 Å². The monoisotopic (exact) mass is 237 g/mol. The van der Waals surface area contributed by atoms with Gasteiger partial charge in [-0.25, -0.2) is 14.8 Å². The van der Waals surface area contributed by atoms with Gasteiger partial charge >= 0.3 is 5.97 Å². The summed E-state index contributed by atoms with van der Waals surface area (Å²) in [6.45, 7) is 2.71. The average Bonchev–Trinajstić information content (AvgIpc) is 2.30. The Balaban J connectivity index is 2.20. The summed E-state index contributed by atoms with van der Waals surface area (Å²) in [5.74, 6) is -0.528. The summed E-state index contributed by atoms with van der Waals surface area (Å²) in [5, 5.41) is 12.3. The van der Waals surface area contributed by atoms with Crippen LogP contribution in [-0.4, -0.2) is 39.8 Å². The van der Waals surface area contributed by atoms with Gasteiger partial charge in [-0.05, 0) is 13.0 Å². The lowest BCUT2D eigenvalue weighted by Crippen LogP contribution is -2.50. The maximum Gasteiger partial charge on any atom is 0.329 e. The number of nitrogens with zero attached hydrogens (tertiary/aromatic N) is 2. The Morgan fingerprint density at radius 2 is 2.24 bits per heavy atom. The van der Waals surface area contributed by atoms with E-state index in [0.29, 0.717) is 32.0 Å². The SMILES string of the molecule is Cc1ccnc(NC2(C(=O)O)CCOCC2)n1. The highest BCUT2D eigenvalue weighted by molar-refractivity contribution is 5.82. The lowest BCUT2D eigenvalue weighted by molar-refractivity contribution is -0.145. The van der Waals surface area contributed by atoms with Gasteiger partial charge in [0.1, 0.15) is 5.54 Å². The Labute approximate surface area is 99.0 Å². The van der Waals surface area contributed by atoms with Crippen LogP contribution in [0.3, 0.4) is 0 Å². The zero-order chi connectivity index (χ0) is 12.3. The maximum atomic E-state index is 11.4. The maximum absolute atomic E-state index is 11.4. The molecule has 0 unspecified atom stereocenters. The van der Waals surface area contributed by atoms with Crippen LogP contribution in [0.1, 0.15) is 18.5 Å². The van der Waals surface area contributed by atoms with Gasteiger partial charge < -0.3 is 15.2 Å². The third-order valence-corrected chi connectivity index (χ3v) is 2.90. The van der Waals surface area contributed by atoms with Crippen molar-refractivity contribution < 1.29 is 14.6 Å². The number of hydrogen-bond donors (Lipinski definition) is 2. The van der Waals surface area contributed by atoms with E-state index in [2.05, 4.69) is 15.3 Å². The second-order valence-electron chi connectivity index (χ2n) is 4.15. The van der Waals surface area contributed by atoms with Gasteiger partial charge in [-0.15, -0.1) is 0 Å². The van der Waals surface area contributed by atoms with Crippen LogP contribution >= 0.6 is 0 Å². The Morgan fingerprint density at radius 1 is 1.53 bits per heavy atom. The molecule has 1 saturated heterocycles. The summed E-state index contributed by atoms with van der Waals surface area (Å²) in [6, 6.07) is 1.77. The van der Waals surface area contributed by atoms with Crippen molar-refractivity contribution in [3.05, 3.63) is 18.0 Å². The molecule has 1 aliphatic rings. The van der Waals surface area contributed by atoms with Gasteiger partial charge in [0.25, 0.3) is 0 Å². The zero-order valence-electron chi connectivity index (χ0n) is 9.64. The first-order valence-electron chi connectivity index (χ1n) is 5.51. The van der Waals surface area contributed by atoms with Gasteiger partial charge in [0.2, 0.25) is 5.95 Å². The summed E-state index contributed by atoms with van der Waals surface area (Å²) in [6.07, 6.45) is 2.44. The summed E-state index contributed by atoms with van der Waals surface area (Å²) in [7, 11) is 0. The van der Waals surface area contributed by atoms with Gasteiger partial charge in [0.05, 0.1) is 0 Å². The fraction of sp³-hybridized carbons (Fsp3) is 0.545. The summed E-state index contributed by atoms with van der Waals surface area (Å²) in [5.41, 5.74) is -0.207. The molecule has 6 nitrogen and oxygen atoms in total. The van der Waals surface area contributed by atoms with Gasteiger partial charge in [-0.3, -0.25) is 0 Å². The van der Waals surface area contributed by atoms with E-state index >= 15 is 0 Å². The van der Waals surface area contributed by atoms with Gasteiger partial charge in [-0.1, -0.05) is 0 Å². The Hall–Kier alpha value is -1.69. The van der Waals surface area contributed by atoms with E-state index in [1.165, 1.54) is 0 Å². The van der Waals surface area contributed by atoms with Crippen molar-refractivity contribution in [1.29, 1.82) is 0 Å². The lowest BCUT2D eigenvalue weighted by Gasteiger charge is -2.33. The molecule has 0 atom stereocenters. The number of ether oxygens (including phenoxy) is 1. The van der Waals surface area contributed by atoms with E-state index in [9.17, 15) is 9.90 Å². The van der Waals surface area contributed by atoms with Crippen molar-refractivity contribution in [3.63, 3.8) is 0 Å². The van der Waals surface area contributed by atoms with Crippen LogP contribution in [0.2, 0.25) is 0 Å². The molecule has 0 saturated carbocycles. The predicted molar refractivity (Wildman–Crippen MR) is 60.8 cm³/mol. The highest BCUT2D eigenvalue weighted by atomic mass is 16.5. The molecule has 0 aromatic carbocycles. The van der Waals surface area contributed by atoms with E-state index in [1.807, 2.05) is 6.92 Å². The van der Waals surface area contributed by atoms with Crippen LogP contribution in [0.25, 0.3) is 0 Å².